The zero-order valence-corrected chi connectivity index (χ0v) is 17.5. The van der Waals surface area contributed by atoms with Crippen LogP contribution < -0.4 is 5.32 Å². The first kappa shape index (κ1) is 19.7. The first-order chi connectivity index (χ1) is 9.95. The zero-order valence-electron chi connectivity index (χ0n) is 14.4. The van der Waals surface area contributed by atoms with Crippen molar-refractivity contribution in [3.8, 4) is 0 Å². The molecule has 126 valence electrons. The van der Waals surface area contributed by atoms with Crippen molar-refractivity contribution in [3.05, 3.63) is 15.6 Å². The van der Waals surface area contributed by atoms with Gasteiger partial charge in [-0.05, 0) is 25.2 Å². The molecule has 0 atom stereocenters. The summed E-state index contributed by atoms with van der Waals surface area (Å²) in [5, 5.41) is 4.72. The molecule has 0 amide bonds. The number of nitrogens with zero attached hydrogens (tertiary/aromatic N) is 3. The van der Waals surface area contributed by atoms with E-state index in [1.54, 1.807) is 0 Å². The fraction of sp³-hybridized carbons (Fsp3) is 0.750. The highest BCUT2D eigenvalue weighted by atomic mass is 127. The molecule has 1 aliphatic heterocycles. The number of aryl methyl sites for hydroxylation is 2. The predicted molar refractivity (Wildman–Crippen MR) is 107 cm³/mol. The normalized spacial score (nSPS) is 17.5. The summed E-state index contributed by atoms with van der Waals surface area (Å²) < 4.78 is 0. The Balaban J connectivity index is 0.00000242. The Labute approximate surface area is 155 Å². The van der Waals surface area contributed by atoms with Crippen molar-refractivity contribution in [1.29, 1.82) is 0 Å². The Morgan fingerprint density at radius 3 is 2.68 bits per heavy atom. The summed E-state index contributed by atoms with van der Waals surface area (Å²) in [5.41, 5.74) is 1.65. The van der Waals surface area contributed by atoms with Gasteiger partial charge in [-0.2, -0.15) is 0 Å². The third kappa shape index (κ3) is 5.08. The summed E-state index contributed by atoms with van der Waals surface area (Å²) in [6.45, 7) is 12.1. The van der Waals surface area contributed by atoms with Crippen LogP contribution in [0.4, 0.5) is 0 Å². The highest BCUT2D eigenvalue weighted by Crippen LogP contribution is 2.28. The van der Waals surface area contributed by atoms with E-state index in [0.29, 0.717) is 5.41 Å². The van der Waals surface area contributed by atoms with Gasteiger partial charge in [-0.15, -0.1) is 35.3 Å². The Morgan fingerprint density at radius 1 is 1.45 bits per heavy atom. The third-order valence-corrected chi connectivity index (χ3v) is 5.16. The molecule has 0 bridgehead atoms. The van der Waals surface area contributed by atoms with Crippen LogP contribution in [-0.4, -0.2) is 42.5 Å². The number of thiazole rings is 1. The van der Waals surface area contributed by atoms with Gasteiger partial charge in [0, 0.05) is 38.0 Å². The van der Waals surface area contributed by atoms with Gasteiger partial charge in [0.05, 0.1) is 10.7 Å². The van der Waals surface area contributed by atoms with Crippen LogP contribution in [0.25, 0.3) is 0 Å². The number of nitrogens with one attached hydrogen (secondary N) is 1. The second-order valence-corrected chi connectivity index (χ2v) is 7.81. The lowest BCUT2D eigenvalue weighted by Gasteiger charge is -2.23. The van der Waals surface area contributed by atoms with Crippen LogP contribution in [0.5, 0.6) is 0 Å². The average Bonchev–Trinajstić information content (AvgIpc) is 2.97. The van der Waals surface area contributed by atoms with Crippen molar-refractivity contribution in [3.63, 3.8) is 0 Å². The maximum Gasteiger partial charge on any atom is 0.193 e. The molecule has 1 aromatic heterocycles. The number of rotatable bonds is 4. The summed E-state index contributed by atoms with van der Waals surface area (Å²) >= 11 is 1.83. The Kier molecular flexibility index (Phi) is 7.58. The molecule has 2 heterocycles. The van der Waals surface area contributed by atoms with Gasteiger partial charge < -0.3 is 10.2 Å². The summed E-state index contributed by atoms with van der Waals surface area (Å²) in [7, 11) is 1.87. The second-order valence-electron chi connectivity index (χ2n) is 6.52. The molecule has 4 nitrogen and oxygen atoms in total. The first-order valence-electron chi connectivity index (χ1n) is 7.86. The molecule has 1 aromatic rings. The maximum absolute atomic E-state index is 4.70. The highest BCUT2D eigenvalue weighted by Gasteiger charge is 2.30. The highest BCUT2D eigenvalue weighted by molar-refractivity contribution is 14.0. The van der Waals surface area contributed by atoms with Gasteiger partial charge in [0.1, 0.15) is 0 Å². The van der Waals surface area contributed by atoms with E-state index in [4.69, 9.17) is 4.98 Å². The standard InChI is InChI=1S/C16H28N4S.HI/c1-6-13-12(2)21-14(19-13)7-9-18-15(17-5)20-10-8-16(3,4)11-20;/h6-11H2,1-5H3,(H,17,18);1H. The van der Waals surface area contributed by atoms with Gasteiger partial charge in [-0.25, -0.2) is 4.98 Å². The Hall–Kier alpha value is -0.370. The van der Waals surface area contributed by atoms with Crippen LogP contribution in [-0.2, 0) is 12.8 Å². The summed E-state index contributed by atoms with van der Waals surface area (Å²) in [6, 6.07) is 0. The predicted octanol–water partition coefficient (Wildman–Crippen LogP) is 3.48. The number of hydrogen-bond donors (Lipinski definition) is 1. The van der Waals surface area contributed by atoms with Gasteiger partial charge in [0.25, 0.3) is 0 Å². The molecule has 0 unspecified atom stereocenters. The Bertz CT molecular complexity index is 510. The Morgan fingerprint density at radius 2 is 2.18 bits per heavy atom. The summed E-state index contributed by atoms with van der Waals surface area (Å²) in [4.78, 5) is 12.8. The van der Waals surface area contributed by atoms with Crippen LogP contribution in [0.15, 0.2) is 4.99 Å². The van der Waals surface area contributed by atoms with Crippen molar-refractivity contribution >= 4 is 41.3 Å². The minimum atomic E-state index is 0. The fourth-order valence-electron chi connectivity index (χ4n) is 2.83. The zero-order chi connectivity index (χ0) is 15.5. The molecule has 2 rings (SSSR count). The molecule has 0 saturated carbocycles. The molecule has 0 radical (unpaired) electrons. The quantitative estimate of drug-likeness (QED) is 0.447. The summed E-state index contributed by atoms with van der Waals surface area (Å²) in [6.07, 6.45) is 3.24. The molecule has 1 N–H and O–H groups in total. The average molecular weight is 436 g/mol. The van der Waals surface area contributed by atoms with E-state index in [0.717, 1.165) is 38.4 Å². The van der Waals surface area contributed by atoms with Crippen LogP contribution in [0.1, 0.15) is 42.8 Å². The number of aromatic nitrogens is 1. The van der Waals surface area contributed by atoms with E-state index < -0.39 is 0 Å². The topological polar surface area (TPSA) is 40.5 Å². The van der Waals surface area contributed by atoms with Crippen LogP contribution in [0.3, 0.4) is 0 Å². The van der Waals surface area contributed by atoms with E-state index in [9.17, 15) is 0 Å². The van der Waals surface area contributed by atoms with Gasteiger partial charge in [-0.3, -0.25) is 4.99 Å². The largest absolute Gasteiger partial charge is 0.356 e. The van der Waals surface area contributed by atoms with Crippen molar-refractivity contribution in [2.45, 2.75) is 47.0 Å². The van der Waals surface area contributed by atoms with Crippen molar-refractivity contribution in [2.24, 2.45) is 10.4 Å². The second kappa shape index (κ2) is 8.47. The molecular weight excluding hydrogens is 407 g/mol. The van der Waals surface area contributed by atoms with Gasteiger partial charge >= 0.3 is 0 Å². The number of halogens is 1. The van der Waals surface area contributed by atoms with Gasteiger partial charge in [0.15, 0.2) is 5.96 Å². The molecule has 0 aromatic carbocycles. The molecule has 0 aliphatic carbocycles. The molecule has 1 fully saturated rings. The van der Waals surface area contributed by atoms with Crippen LogP contribution >= 0.6 is 35.3 Å². The van der Waals surface area contributed by atoms with Crippen LogP contribution in [0.2, 0.25) is 0 Å². The lowest BCUT2D eigenvalue weighted by Crippen LogP contribution is -2.41. The number of hydrogen-bond acceptors (Lipinski definition) is 3. The first-order valence-corrected chi connectivity index (χ1v) is 8.67. The monoisotopic (exact) mass is 436 g/mol. The van der Waals surface area contributed by atoms with Crippen LogP contribution in [0, 0.1) is 12.3 Å². The minimum Gasteiger partial charge on any atom is -0.356 e. The molecule has 1 aliphatic rings. The van der Waals surface area contributed by atoms with E-state index in [1.807, 2.05) is 18.4 Å². The fourth-order valence-corrected chi connectivity index (χ4v) is 3.85. The van der Waals surface area contributed by atoms with Gasteiger partial charge in [-0.1, -0.05) is 20.8 Å². The molecular formula is C16H29IN4S. The van der Waals surface area contributed by atoms with Crippen molar-refractivity contribution in [2.75, 3.05) is 26.7 Å². The van der Waals surface area contributed by atoms with E-state index in [2.05, 4.69) is 42.9 Å². The van der Waals surface area contributed by atoms with E-state index >= 15 is 0 Å². The van der Waals surface area contributed by atoms with Gasteiger partial charge in [0.2, 0.25) is 0 Å². The van der Waals surface area contributed by atoms with Crippen molar-refractivity contribution in [1.82, 2.24) is 15.2 Å². The smallest absolute Gasteiger partial charge is 0.193 e. The van der Waals surface area contributed by atoms with E-state index in [1.165, 1.54) is 22.0 Å². The SMILES string of the molecule is CCc1nc(CCNC(=NC)N2CCC(C)(C)C2)sc1C.I. The molecule has 22 heavy (non-hydrogen) atoms. The maximum atomic E-state index is 4.70. The van der Waals surface area contributed by atoms with Crippen molar-refractivity contribution < 1.29 is 0 Å². The minimum absolute atomic E-state index is 0. The third-order valence-electron chi connectivity index (χ3n) is 4.08. The number of aliphatic imine (C=N–C) groups is 1. The lowest BCUT2D eigenvalue weighted by atomic mass is 9.93. The summed E-state index contributed by atoms with van der Waals surface area (Å²) in [5.74, 6) is 1.03. The number of likely N-dealkylation sites (tertiary alicyclic amines) is 1. The molecule has 0 spiro atoms. The van der Waals surface area contributed by atoms with E-state index in [-0.39, 0.29) is 24.0 Å². The molecule has 1 saturated heterocycles. The molecule has 6 heteroatoms. The lowest BCUT2D eigenvalue weighted by molar-refractivity contribution is 0.370. The number of guanidine groups is 1.